The summed E-state index contributed by atoms with van der Waals surface area (Å²) in [6, 6.07) is 5.05. The first-order valence-corrected chi connectivity index (χ1v) is 7.22. The highest BCUT2D eigenvalue weighted by Crippen LogP contribution is 2.23. The number of amides is 1. The van der Waals surface area contributed by atoms with E-state index < -0.39 is 12.1 Å². The summed E-state index contributed by atoms with van der Waals surface area (Å²) in [4.78, 5) is 24.7. The molecule has 1 amide bonds. The summed E-state index contributed by atoms with van der Waals surface area (Å²) in [5.41, 5.74) is 0.408. The van der Waals surface area contributed by atoms with Gasteiger partial charge in [-0.05, 0) is 18.2 Å². The van der Waals surface area contributed by atoms with Crippen LogP contribution in [0.1, 0.15) is 16.8 Å². The van der Waals surface area contributed by atoms with Crippen LogP contribution in [0.15, 0.2) is 22.7 Å². The predicted octanol–water partition coefficient (Wildman–Crippen LogP) is 2.42. The Balaban J connectivity index is 2.10. The Labute approximate surface area is 129 Å². The van der Waals surface area contributed by atoms with Crippen molar-refractivity contribution in [2.45, 2.75) is 12.5 Å². The van der Waals surface area contributed by atoms with E-state index in [2.05, 4.69) is 15.9 Å². The summed E-state index contributed by atoms with van der Waals surface area (Å²) in [5, 5.41) is 9.14. The number of benzene rings is 1. The highest BCUT2D eigenvalue weighted by atomic mass is 79.9. The van der Waals surface area contributed by atoms with Gasteiger partial charge in [0.2, 0.25) is 0 Å². The van der Waals surface area contributed by atoms with Gasteiger partial charge >= 0.3 is 5.97 Å². The fraction of sp³-hybridized carbons (Fsp3) is 0.385. The van der Waals surface area contributed by atoms with Crippen molar-refractivity contribution < 1.29 is 19.4 Å². The first-order chi connectivity index (χ1) is 9.47. The van der Waals surface area contributed by atoms with Gasteiger partial charge in [-0.1, -0.05) is 27.5 Å². The number of carbonyl (C=O) groups is 2. The molecule has 0 spiro atoms. The predicted molar refractivity (Wildman–Crippen MR) is 77.0 cm³/mol. The number of halogens is 2. The van der Waals surface area contributed by atoms with Gasteiger partial charge in [-0.15, -0.1) is 0 Å². The van der Waals surface area contributed by atoms with Crippen molar-refractivity contribution in [3.05, 3.63) is 33.3 Å². The van der Waals surface area contributed by atoms with E-state index in [4.69, 9.17) is 21.4 Å². The summed E-state index contributed by atoms with van der Waals surface area (Å²) in [6.45, 7) is 1.02. The monoisotopic (exact) mass is 361 g/mol. The SMILES string of the molecule is O=C(O)C[C@H]1CN(C(=O)c2ccc(Br)cc2Cl)CCO1. The molecular weight excluding hydrogens is 350 g/mol. The molecule has 1 N–H and O–H groups in total. The molecule has 0 aliphatic carbocycles. The third-order valence-electron chi connectivity index (χ3n) is 2.99. The zero-order chi connectivity index (χ0) is 14.7. The summed E-state index contributed by atoms with van der Waals surface area (Å²) in [5.74, 6) is -1.15. The van der Waals surface area contributed by atoms with Crippen LogP contribution < -0.4 is 0 Å². The zero-order valence-corrected chi connectivity index (χ0v) is 12.9. The normalized spacial score (nSPS) is 18.9. The summed E-state index contributed by atoms with van der Waals surface area (Å²) in [7, 11) is 0. The maximum absolute atomic E-state index is 12.4. The molecule has 2 rings (SSSR count). The minimum absolute atomic E-state index is 0.113. The Morgan fingerprint density at radius 1 is 1.50 bits per heavy atom. The maximum atomic E-state index is 12.4. The van der Waals surface area contributed by atoms with Gasteiger partial charge in [-0.25, -0.2) is 0 Å². The lowest BCUT2D eigenvalue weighted by Crippen LogP contribution is -2.46. The van der Waals surface area contributed by atoms with Crippen LogP contribution in [0.4, 0.5) is 0 Å². The second-order valence-electron chi connectivity index (χ2n) is 4.47. The van der Waals surface area contributed by atoms with Crippen LogP contribution in [0.3, 0.4) is 0 Å². The fourth-order valence-corrected chi connectivity index (χ4v) is 2.81. The quantitative estimate of drug-likeness (QED) is 0.897. The van der Waals surface area contributed by atoms with Gasteiger partial charge in [0.15, 0.2) is 0 Å². The van der Waals surface area contributed by atoms with E-state index in [1.807, 2.05) is 0 Å². The lowest BCUT2D eigenvalue weighted by atomic mass is 10.1. The molecule has 1 fully saturated rings. The van der Waals surface area contributed by atoms with Crippen molar-refractivity contribution in [3.8, 4) is 0 Å². The van der Waals surface area contributed by atoms with E-state index in [0.29, 0.717) is 23.7 Å². The summed E-state index contributed by atoms with van der Waals surface area (Å²) >= 11 is 9.34. The number of carboxylic acid groups (broad SMARTS) is 1. The van der Waals surface area contributed by atoms with Crippen LogP contribution in [-0.4, -0.2) is 47.7 Å². The molecule has 1 heterocycles. The Hall–Kier alpha value is -1.11. The second-order valence-corrected chi connectivity index (χ2v) is 5.79. The van der Waals surface area contributed by atoms with E-state index in [-0.39, 0.29) is 18.9 Å². The first-order valence-electron chi connectivity index (χ1n) is 6.05. The topological polar surface area (TPSA) is 66.8 Å². The number of hydrogen-bond donors (Lipinski definition) is 1. The van der Waals surface area contributed by atoms with Crippen LogP contribution in [0.5, 0.6) is 0 Å². The highest BCUT2D eigenvalue weighted by Gasteiger charge is 2.27. The van der Waals surface area contributed by atoms with Crippen molar-refractivity contribution >= 4 is 39.4 Å². The molecule has 0 radical (unpaired) electrons. The van der Waals surface area contributed by atoms with Gasteiger partial charge in [-0.2, -0.15) is 0 Å². The standard InChI is InChI=1S/C13H13BrClNO4/c14-8-1-2-10(11(15)5-8)13(19)16-3-4-20-9(7-16)6-12(17)18/h1-2,5,9H,3-4,6-7H2,(H,17,18)/t9-/m0/s1. The zero-order valence-electron chi connectivity index (χ0n) is 10.5. The van der Waals surface area contributed by atoms with Crippen molar-refractivity contribution in [1.82, 2.24) is 4.90 Å². The third-order valence-corrected chi connectivity index (χ3v) is 3.80. The number of rotatable bonds is 3. The van der Waals surface area contributed by atoms with Crippen molar-refractivity contribution in [1.29, 1.82) is 0 Å². The van der Waals surface area contributed by atoms with Crippen molar-refractivity contribution in [2.24, 2.45) is 0 Å². The van der Waals surface area contributed by atoms with Gasteiger partial charge < -0.3 is 14.7 Å². The van der Waals surface area contributed by atoms with E-state index in [1.54, 1.807) is 23.1 Å². The van der Waals surface area contributed by atoms with E-state index in [0.717, 1.165) is 4.47 Å². The maximum Gasteiger partial charge on any atom is 0.306 e. The molecule has 1 aromatic carbocycles. The lowest BCUT2D eigenvalue weighted by molar-refractivity contribution is -0.141. The number of nitrogens with zero attached hydrogens (tertiary/aromatic N) is 1. The van der Waals surface area contributed by atoms with Gasteiger partial charge in [0.25, 0.3) is 5.91 Å². The first kappa shape index (κ1) is 15.3. The van der Waals surface area contributed by atoms with E-state index in [1.165, 1.54) is 0 Å². The molecule has 1 aromatic rings. The molecule has 0 aromatic heterocycles. The minimum atomic E-state index is -0.939. The number of hydrogen-bond acceptors (Lipinski definition) is 3. The van der Waals surface area contributed by atoms with Crippen molar-refractivity contribution in [2.75, 3.05) is 19.7 Å². The Kier molecular flexibility index (Phi) is 5.01. The second kappa shape index (κ2) is 6.56. The molecule has 108 valence electrons. The number of ether oxygens (including phenoxy) is 1. The van der Waals surface area contributed by atoms with Crippen LogP contribution >= 0.6 is 27.5 Å². The minimum Gasteiger partial charge on any atom is -0.481 e. The van der Waals surface area contributed by atoms with E-state index in [9.17, 15) is 9.59 Å². The molecule has 1 aliphatic rings. The van der Waals surface area contributed by atoms with Gasteiger partial charge in [-0.3, -0.25) is 9.59 Å². The Morgan fingerprint density at radius 2 is 2.25 bits per heavy atom. The van der Waals surface area contributed by atoms with Gasteiger partial charge in [0.05, 0.1) is 29.7 Å². The summed E-state index contributed by atoms with van der Waals surface area (Å²) in [6.07, 6.45) is -0.586. The average Bonchev–Trinajstić information content (AvgIpc) is 2.37. The largest absolute Gasteiger partial charge is 0.481 e. The molecule has 20 heavy (non-hydrogen) atoms. The van der Waals surface area contributed by atoms with Crippen LogP contribution in [-0.2, 0) is 9.53 Å². The van der Waals surface area contributed by atoms with Gasteiger partial charge in [0, 0.05) is 17.6 Å². The number of morpholine rings is 1. The van der Waals surface area contributed by atoms with Crippen LogP contribution in [0, 0.1) is 0 Å². The van der Waals surface area contributed by atoms with Gasteiger partial charge in [0.1, 0.15) is 0 Å². The average molecular weight is 363 g/mol. The number of aliphatic carboxylic acids is 1. The Bertz CT molecular complexity index is 537. The number of carbonyl (C=O) groups excluding carboxylic acids is 1. The lowest BCUT2D eigenvalue weighted by Gasteiger charge is -2.32. The third kappa shape index (κ3) is 3.71. The molecule has 0 bridgehead atoms. The number of carboxylic acids is 1. The van der Waals surface area contributed by atoms with Crippen molar-refractivity contribution in [3.63, 3.8) is 0 Å². The highest BCUT2D eigenvalue weighted by molar-refractivity contribution is 9.10. The van der Waals surface area contributed by atoms with Crippen LogP contribution in [0.25, 0.3) is 0 Å². The fourth-order valence-electron chi connectivity index (χ4n) is 2.06. The molecule has 7 heteroatoms. The smallest absolute Gasteiger partial charge is 0.306 e. The van der Waals surface area contributed by atoms with E-state index >= 15 is 0 Å². The molecule has 1 saturated heterocycles. The Morgan fingerprint density at radius 3 is 2.90 bits per heavy atom. The molecule has 1 atom stereocenters. The summed E-state index contributed by atoms with van der Waals surface area (Å²) < 4.78 is 6.14. The molecule has 1 aliphatic heterocycles. The molecule has 5 nitrogen and oxygen atoms in total. The molecular formula is C13H13BrClNO4. The van der Waals surface area contributed by atoms with Crippen LogP contribution in [0.2, 0.25) is 5.02 Å². The molecule has 0 saturated carbocycles. The molecule has 0 unspecified atom stereocenters.